The van der Waals surface area contributed by atoms with Crippen molar-refractivity contribution in [3.63, 3.8) is 0 Å². The molecule has 0 fully saturated rings. The van der Waals surface area contributed by atoms with Crippen molar-refractivity contribution in [3.05, 3.63) is 39.1 Å². The first-order valence-electron chi connectivity index (χ1n) is 3.39. The molecule has 1 aromatic carbocycles. The first kappa shape index (κ1) is 8.26. The van der Waals surface area contributed by atoms with Crippen LogP contribution in [0.5, 0.6) is 0 Å². The molecule has 2 rings (SSSR count). The highest BCUT2D eigenvalue weighted by Gasteiger charge is 1.99. The highest BCUT2D eigenvalue weighted by Crippen LogP contribution is 2.24. The number of hydrogen-bond donors (Lipinski definition) is 0. The fraction of sp³-hybridized carbons (Fsp3) is 0. The lowest BCUT2D eigenvalue weighted by molar-refractivity contribution is 1.39. The molecule has 1 aromatic heterocycles. The van der Waals surface area contributed by atoms with Crippen LogP contribution in [0, 0.1) is 9.77 Å². The van der Waals surface area contributed by atoms with Crippen LogP contribution in [0.1, 0.15) is 0 Å². The summed E-state index contributed by atoms with van der Waals surface area (Å²) in [4.78, 5) is 4.09. The SMILES string of the molecule is Clc1cc(I)cc2n[c]ccc12. The number of aromatic nitrogens is 1. The second-order valence-corrected chi connectivity index (χ2v) is 4.05. The van der Waals surface area contributed by atoms with Crippen LogP contribution in [0.15, 0.2) is 24.3 Å². The summed E-state index contributed by atoms with van der Waals surface area (Å²) in [5.41, 5.74) is 0.898. The lowest BCUT2D eigenvalue weighted by Crippen LogP contribution is -1.80. The molecule has 1 radical (unpaired) electrons. The summed E-state index contributed by atoms with van der Waals surface area (Å²) in [6.07, 6.45) is 2.78. The summed E-state index contributed by atoms with van der Waals surface area (Å²) in [7, 11) is 0. The van der Waals surface area contributed by atoms with E-state index in [1.165, 1.54) is 0 Å². The van der Waals surface area contributed by atoms with Crippen LogP contribution in [0.3, 0.4) is 0 Å². The van der Waals surface area contributed by atoms with Crippen LogP contribution in [0.25, 0.3) is 10.9 Å². The average molecular weight is 288 g/mol. The number of pyridine rings is 1. The molecule has 1 nitrogen and oxygen atoms in total. The van der Waals surface area contributed by atoms with Crippen LogP contribution in [0.4, 0.5) is 0 Å². The molecule has 0 aliphatic heterocycles. The van der Waals surface area contributed by atoms with Gasteiger partial charge in [0.1, 0.15) is 0 Å². The van der Waals surface area contributed by atoms with E-state index in [0.29, 0.717) is 0 Å². The molecule has 0 unspecified atom stereocenters. The van der Waals surface area contributed by atoms with E-state index in [0.717, 1.165) is 19.5 Å². The van der Waals surface area contributed by atoms with Gasteiger partial charge in [-0.2, -0.15) is 0 Å². The fourth-order valence-electron chi connectivity index (χ4n) is 1.06. The van der Waals surface area contributed by atoms with Gasteiger partial charge in [-0.1, -0.05) is 11.6 Å². The van der Waals surface area contributed by atoms with Crippen molar-refractivity contribution in [2.24, 2.45) is 0 Å². The predicted molar refractivity (Wildman–Crippen MR) is 58.3 cm³/mol. The van der Waals surface area contributed by atoms with Crippen LogP contribution in [-0.4, -0.2) is 4.98 Å². The third kappa shape index (κ3) is 1.41. The molecule has 0 amide bonds. The number of hydrogen-bond acceptors (Lipinski definition) is 1. The molecule has 0 aliphatic carbocycles. The summed E-state index contributed by atoms with van der Waals surface area (Å²) in [5.74, 6) is 0. The molecule has 0 bridgehead atoms. The van der Waals surface area contributed by atoms with E-state index in [2.05, 4.69) is 33.8 Å². The van der Waals surface area contributed by atoms with Gasteiger partial charge in [0.2, 0.25) is 0 Å². The molecule has 0 aliphatic rings. The van der Waals surface area contributed by atoms with E-state index in [4.69, 9.17) is 11.6 Å². The van der Waals surface area contributed by atoms with Crippen molar-refractivity contribution in [1.29, 1.82) is 0 Å². The molecule has 0 spiro atoms. The zero-order valence-electron chi connectivity index (χ0n) is 6.01. The molecule has 0 saturated carbocycles. The number of halogens is 2. The number of rotatable bonds is 0. The Kier molecular flexibility index (Phi) is 2.19. The standard InChI is InChI=1S/C9H4ClIN/c10-8-4-6(11)5-9-7(8)2-1-3-12-9/h1-2,4-5H. The quantitative estimate of drug-likeness (QED) is 0.678. The van der Waals surface area contributed by atoms with Crippen LogP contribution in [0.2, 0.25) is 5.02 Å². The maximum absolute atomic E-state index is 6.00. The van der Waals surface area contributed by atoms with E-state index in [1.807, 2.05) is 18.2 Å². The smallest absolute Gasteiger partial charge is 0.0894 e. The van der Waals surface area contributed by atoms with Crippen molar-refractivity contribution in [2.75, 3.05) is 0 Å². The predicted octanol–water partition coefficient (Wildman–Crippen LogP) is 3.29. The van der Waals surface area contributed by atoms with Crippen molar-refractivity contribution >= 4 is 45.1 Å². The zero-order chi connectivity index (χ0) is 8.55. The second kappa shape index (κ2) is 3.18. The van der Waals surface area contributed by atoms with Crippen molar-refractivity contribution in [2.45, 2.75) is 0 Å². The highest BCUT2D eigenvalue weighted by atomic mass is 127. The van der Waals surface area contributed by atoms with Crippen molar-refractivity contribution < 1.29 is 0 Å². The van der Waals surface area contributed by atoms with Gasteiger partial charge in [0.15, 0.2) is 0 Å². The van der Waals surface area contributed by atoms with Crippen LogP contribution < -0.4 is 0 Å². The van der Waals surface area contributed by atoms with Gasteiger partial charge in [-0.15, -0.1) is 0 Å². The summed E-state index contributed by atoms with van der Waals surface area (Å²) >= 11 is 8.22. The van der Waals surface area contributed by atoms with Gasteiger partial charge in [-0.05, 0) is 46.9 Å². The lowest BCUT2D eigenvalue weighted by Gasteiger charge is -1.98. The van der Waals surface area contributed by atoms with E-state index in [9.17, 15) is 0 Å². The third-order valence-electron chi connectivity index (χ3n) is 1.58. The van der Waals surface area contributed by atoms with E-state index < -0.39 is 0 Å². The largest absolute Gasteiger partial charge is 0.246 e. The van der Waals surface area contributed by atoms with Gasteiger partial charge in [-0.3, -0.25) is 0 Å². The number of nitrogens with zero attached hydrogens (tertiary/aromatic N) is 1. The third-order valence-corrected chi connectivity index (χ3v) is 2.52. The Hall–Kier alpha value is -0.350. The molecular formula is C9H4ClIN. The minimum absolute atomic E-state index is 0.749. The maximum atomic E-state index is 6.00. The van der Waals surface area contributed by atoms with Gasteiger partial charge < -0.3 is 0 Å². The summed E-state index contributed by atoms with van der Waals surface area (Å²) in [6.45, 7) is 0. The monoisotopic (exact) mass is 288 g/mol. The number of fused-ring (bicyclic) bond motifs is 1. The molecule has 12 heavy (non-hydrogen) atoms. The summed E-state index contributed by atoms with van der Waals surface area (Å²) in [5, 5.41) is 1.73. The summed E-state index contributed by atoms with van der Waals surface area (Å²) < 4.78 is 1.09. The van der Waals surface area contributed by atoms with E-state index in [-0.39, 0.29) is 0 Å². The Balaban J connectivity index is 2.89. The zero-order valence-corrected chi connectivity index (χ0v) is 8.93. The Morgan fingerprint density at radius 3 is 3.08 bits per heavy atom. The molecule has 1 heterocycles. The Morgan fingerprint density at radius 1 is 1.42 bits per heavy atom. The second-order valence-electron chi connectivity index (χ2n) is 2.39. The molecule has 0 atom stereocenters. The molecule has 0 N–H and O–H groups in total. The van der Waals surface area contributed by atoms with Gasteiger partial charge >= 0.3 is 0 Å². The van der Waals surface area contributed by atoms with E-state index in [1.54, 1.807) is 6.07 Å². The molecule has 3 heteroatoms. The molecule has 59 valence electrons. The molecule has 2 aromatic rings. The molecule has 0 saturated heterocycles. The van der Waals surface area contributed by atoms with Crippen LogP contribution >= 0.6 is 34.2 Å². The van der Waals surface area contributed by atoms with Gasteiger partial charge in [0.05, 0.1) is 16.7 Å². The summed E-state index contributed by atoms with van der Waals surface area (Å²) in [6, 6.07) is 7.59. The van der Waals surface area contributed by atoms with Crippen molar-refractivity contribution in [1.82, 2.24) is 4.98 Å². The maximum Gasteiger partial charge on any atom is 0.0894 e. The Morgan fingerprint density at radius 2 is 2.25 bits per heavy atom. The molecular weight excluding hydrogens is 284 g/mol. The van der Waals surface area contributed by atoms with Gasteiger partial charge in [-0.25, -0.2) is 4.98 Å². The number of benzene rings is 1. The van der Waals surface area contributed by atoms with Crippen LogP contribution in [-0.2, 0) is 0 Å². The van der Waals surface area contributed by atoms with E-state index >= 15 is 0 Å². The highest BCUT2D eigenvalue weighted by molar-refractivity contribution is 14.1. The first-order chi connectivity index (χ1) is 5.77. The van der Waals surface area contributed by atoms with Crippen molar-refractivity contribution in [3.8, 4) is 0 Å². The normalized spacial score (nSPS) is 10.5. The lowest BCUT2D eigenvalue weighted by atomic mass is 10.2. The topological polar surface area (TPSA) is 12.9 Å². The Labute approximate surface area is 88.9 Å². The fourth-order valence-corrected chi connectivity index (χ4v) is 2.12. The first-order valence-corrected chi connectivity index (χ1v) is 4.85. The van der Waals surface area contributed by atoms with Gasteiger partial charge in [0, 0.05) is 8.96 Å². The minimum Gasteiger partial charge on any atom is -0.246 e. The minimum atomic E-state index is 0.749. The average Bonchev–Trinajstić information content (AvgIpc) is 2.04. The van der Waals surface area contributed by atoms with Gasteiger partial charge in [0.25, 0.3) is 0 Å². The Bertz CT molecular complexity index is 428.